The van der Waals surface area contributed by atoms with Gasteiger partial charge < -0.3 is 15.2 Å². The second-order valence-electron chi connectivity index (χ2n) is 6.14. The van der Waals surface area contributed by atoms with Crippen molar-refractivity contribution in [2.45, 2.75) is 10.8 Å². The lowest BCUT2D eigenvalue weighted by Crippen LogP contribution is -2.04. The zero-order chi connectivity index (χ0) is 21.3. The summed E-state index contributed by atoms with van der Waals surface area (Å²) in [5.41, 5.74) is 8.76. The Morgan fingerprint density at radius 3 is 2.67 bits per heavy atom. The van der Waals surface area contributed by atoms with Crippen molar-refractivity contribution >= 4 is 23.3 Å². The summed E-state index contributed by atoms with van der Waals surface area (Å²) in [6.45, 7) is 8.47. The number of hydrogen-bond donors (Lipinski definition) is 1. The first kappa shape index (κ1) is 21.1. The Morgan fingerprint density at radius 2 is 2.03 bits per heavy atom. The standard InChI is InChI=1S/C22H19N5O2S/c1-25-20-19(16-5-7-17(8-6-16)29-11-10-28-2)18(12-23)22(27-21(20)24)30-14-15-4-3-9-26-13-15/h3-9,13H,10-11,14H2,2H3,(H2,24,27). The third-order valence-corrected chi connectivity index (χ3v) is 5.23. The van der Waals surface area contributed by atoms with Crippen LogP contribution in [-0.2, 0) is 10.5 Å². The number of thioether (sulfide) groups is 1. The van der Waals surface area contributed by atoms with Crippen LogP contribution >= 0.6 is 11.8 Å². The molecule has 0 atom stereocenters. The molecule has 0 bridgehead atoms. The molecule has 7 nitrogen and oxygen atoms in total. The van der Waals surface area contributed by atoms with Crippen LogP contribution in [0.15, 0.2) is 53.8 Å². The number of hydrogen-bond acceptors (Lipinski definition) is 7. The Bertz CT molecular complexity index is 1090. The minimum atomic E-state index is 0.105. The number of nitrogens with two attached hydrogens (primary N) is 1. The second kappa shape index (κ2) is 10.3. The molecular weight excluding hydrogens is 398 g/mol. The van der Waals surface area contributed by atoms with Crippen molar-refractivity contribution in [1.82, 2.24) is 9.97 Å². The van der Waals surface area contributed by atoms with Crippen LogP contribution in [0.25, 0.3) is 16.0 Å². The number of aromatic nitrogens is 2. The summed E-state index contributed by atoms with van der Waals surface area (Å²) in [4.78, 5) is 12.0. The van der Waals surface area contributed by atoms with E-state index in [9.17, 15) is 5.26 Å². The fraction of sp³-hybridized carbons (Fsp3) is 0.182. The van der Waals surface area contributed by atoms with Gasteiger partial charge in [0.25, 0.3) is 0 Å². The van der Waals surface area contributed by atoms with E-state index in [1.54, 1.807) is 31.6 Å². The Morgan fingerprint density at radius 1 is 1.23 bits per heavy atom. The molecule has 0 aliphatic rings. The SMILES string of the molecule is [C-]#[N+]c1c(N)nc(SCc2cccnc2)c(C#N)c1-c1ccc(OCCOC)cc1. The number of benzene rings is 1. The molecule has 150 valence electrons. The van der Waals surface area contributed by atoms with Crippen molar-refractivity contribution < 1.29 is 9.47 Å². The number of methoxy groups -OCH3 is 1. The van der Waals surface area contributed by atoms with Crippen LogP contribution in [0.2, 0.25) is 0 Å². The third-order valence-electron chi connectivity index (χ3n) is 4.19. The maximum atomic E-state index is 9.87. The minimum absolute atomic E-state index is 0.105. The highest BCUT2D eigenvalue weighted by Gasteiger charge is 2.20. The molecular formula is C22H19N5O2S. The lowest BCUT2D eigenvalue weighted by atomic mass is 10.00. The van der Waals surface area contributed by atoms with E-state index in [2.05, 4.69) is 20.9 Å². The number of rotatable bonds is 8. The molecule has 0 amide bonds. The maximum absolute atomic E-state index is 9.87. The Kier molecular flexibility index (Phi) is 7.23. The summed E-state index contributed by atoms with van der Waals surface area (Å²) >= 11 is 1.39. The Hall–Kier alpha value is -3.59. The molecule has 1 aromatic carbocycles. The van der Waals surface area contributed by atoms with Gasteiger partial charge >= 0.3 is 0 Å². The zero-order valence-electron chi connectivity index (χ0n) is 16.3. The maximum Gasteiger partial charge on any atom is 0.236 e. The van der Waals surface area contributed by atoms with Gasteiger partial charge in [-0.15, -0.1) is 11.8 Å². The first-order chi connectivity index (χ1) is 14.7. The molecule has 3 rings (SSSR count). The molecule has 0 aliphatic heterocycles. The molecule has 30 heavy (non-hydrogen) atoms. The average Bonchev–Trinajstić information content (AvgIpc) is 2.78. The smallest absolute Gasteiger partial charge is 0.236 e. The molecule has 2 aromatic heterocycles. The molecule has 0 saturated heterocycles. The highest BCUT2D eigenvalue weighted by molar-refractivity contribution is 7.98. The van der Waals surface area contributed by atoms with Gasteiger partial charge in [0, 0.05) is 30.8 Å². The summed E-state index contributed by atoms with van der Waals surface area (Å²) < 4.78 is 10.6. The van der Waals surface area contributed by atoms with Gasteiger partial charge in [0.15, 0.2) is 0 Å². The topological polar surface area (TPSA) is 98.4 Å². The van der Waals surface area contributed by atoms with Crippen LogP contribution < -0.4 is 10.5 Å². The first-order valence-corrected chi connectivity index (χ1v) is 10.0. The van der Waals surface area contributed by atoms with E-state index < -0.39 is 0 Å². The normalized spacial score (nSPS) is 10.2. The van der Waals surface area contributed by atoms with E-state index in [1.165, 1.54) is 11.8 Å². The van der Waals surface area contributed by atoms with Crippen molar-refractivity contribution in [2.24, 2.45) is 0 Å². The molecule has 2 heterocycles. The minimum Gasteiger partial charge on any atom is -0.491 e. The van der Waals surface area contributed by atoms with Gasteiger partial charge in [0.1, 0.15) is 29.3 Å². The predicted molar refractivity (Wildman–Crippen MR) is 116 cm³/mol. The van der Waals surface area contributed by atoms with E-state index in [0.717, 1.165) is 5.56 Å². The number of nitrogens with zero attached hydrogens (tertiary/aromatic N) is 4. The van der Waals surface area contributed by atoms with E-state index in [1.807, 2.05) is 24.3 Å². The summed E-state index contributed by atoms with van der Waals surface area (Å²) in [5, 5.41) is 10.4. The molecule has 8 heteroatoms. The van der Waals surface area contributed by atoms with Crippen LogP contribution in [0, 0.1) is 17.9 Å². The number of nitrogen functional groups attached to an aromatic ring is 1. The van der Waals surface area contributed by atoms with Crippen LogP contribution in [0.3, 0.4) is 0 Å². The molecule has 0 unspecified atom stereocenters. The van der Waals surface area contributed by atoms with Gasteiger partial charge in [0.2, 0.25) is 5.69 Å². The molecule has 0 fully saturated rings. The Labute approximate surface area is 179 Å². The molecule has 0 saturated carbocycles. The fourth-order valence-corrected chi connectivity index (χ4v) is 3.70. The summed E-state index contributed by atoms with van der Waals surface area (Å²) in [5.74, 6) is 1.36. The predicted octanol–water partition coefficient (Wildman–Crippen LogP) is 4.47. The number of pyridine rings is 2. The van der Waals surface area contributed by atoms with Crippen molar-refractivity contribution in [2.75, 3.05) is 26.1 Å². The summed E-state index contributed by atoms with van der Waals surface area (Å²) in [7, 11) is 1.61. The van der Waals surface area contributed by atoms with Gasteiger partial charge in [-0.2, -0.15) is 5.26 Å². The van der Waals surface area contributed by atoms with Crippen LogP contribution in [0.1, 0.15) is 11.1 Å². The fourth-order valence-electron chi connectivity index (χ4n) is 2.77. The molecule has 3 aromatic rings. The number of nitriles is 1. The molecule has 0 spiro atoms. The summed E-state index contributed by atoms with van der Waals surface area (Å²) in [6, 6.07) is 13.2. The van der Waals surface area contributed by atoms with Crippen LogP contribution in [-0.4, -0.2) is 30.3 Å². The van der Waals surface area contributed by atoms with Gasteiger partial charge in [-0.05, 0) is 29.3 Å². The zero-order valence-corrected chi connectivity index (χ0v) is 17.1. The quantitative estimate of drug-likeness (QED) is 0.328. The highest BCUT2D eigenvalue weighted by atomic mass is 32.2. The lowest BCUT2D eigenvalue weighted by molar-refractivity contribution is 0.146. The monoisotopic (exact) mass is 417 g/mol. The molecule has 2 N–H and O–H groups in total. The largest absolute Gasteiger partial charge is 0.491 e. The van der Waals surface area contributed by atoms with Crippen molar-refractivity contribution in [1.29, 1.82) is 5.26 Å². The van der Waals surface area contributed by atoms with Crippen LogP contribution in [0.4, 0.5) is 11.5 Å². The number of anilines is 1. The lowest BCUT2D eigenvalue weighted by Gasteiger charge is -2.14. The summed E-state index contributed by atoms with van der Waals surface area (Å²) in [6.07, 6.45) is 3.47. The number of ether oxygens (including phenoxy) is 2. The van der Waals surface area contributed by atoms with Crippen molar-refractivity contribution in [3.05, 3.63) is 71.3 Å². The molecule has 0 radical (unpaired) electrons. The van der Waals surface area contributed by atoms with Crippen molar-refractivity contribution in [3.63, 3.8) is 0 Å². The molecule has 0 aliphatic carbocycles. The first-order valence-electron chi connectivity index (χ1n) is 9.02. The van der Waals surface area contributed by atoms with Gasteiger partial charge in [-0.25, -0.2) is 9.83 Å². The van der Waals surface area contributed by atoms with Gasteiger partial charge in [-0.3, -0.25) is 4.98 Å². The van der Waals surface area contributed by atoms with E-state index in [4.69, 9.17) is 21.8 Å². The van der Waals surface area contributed by atoms with E-state index in [0.29, 0.717) is 46.4 Å². The second-order valence-corrected chi connectivity index (χ2v) is 7.10. The highest BCUT2D eigenvalue weighted by Crippen LogP contribution is 2.42. The van der Waals surface area contributed by atoms with E-state index in [-0.39, 0.29) is 11.5 Å². The van der Waals surface area contributed by atoms with Crippen molar-refractivity contribution in [3.8, 4) is 22.9 Å². The van der Waals surface area contributed by atoms with Gasteiger partial charge in [0.05, 0.1) is 18.7 Å². The Balaban J connectivity index is 1.97. The van der Waals surface area contributed by atoms with Gasteiger partial charge in [-0.1, -0.05) is 18.2 Å². The van der Waals surface area contributed by atoms with Crippen LogP contribution in [0.5, 0.6) is 5.75 Å². The third kappa shape index (κ3) is 4.87. The van der Waals surface area contributed by atoms with E-state index >= 15 is 0 Å². The average molecular weight is 417 g/mol.